The Hall–Kier alpha value is -1.81. The number of nitrogens with one attached hydrogen (secondary N) is 1. The lowest BCUT2D eigenvalue weighted by Gasteiger charge is -2.28. The second-order valence-corrected chi connectivity index (χ2v) is 5.58. The highest BCUT2D eigenvalue weighted by Gasteiger charge is 2.29. The van der Waals surface area contributed by atoms with Gasteiger partial charge >= 0.3 is 0 Å². The number of aliphatic carboxylic acids is 1. The summed E-state index contributed by atoms with van der Waals surface area (Å²) >= 11 is 5.81. The number of carbonyl (C=O) groups excluding carboxylic acids is 2. The minimum absolute atomic E-state index is 0.220. The van der Waals surface area contributed by atoms with E-state index in [1.165, 1.54) is 0 Å². The highest BCUT2D eigenvalue weighted by atomic mass is 35.5. The Morgan fingerprint density at radius 3 is 2.38 bits per heavy atom. The monoisotopic (exact) mass is 306 g/mol. The summed E-state index contributed by atoms with van der Waals surface area (Å²) in [4.78, 5) is 23.2. The largest absolute Gasteiger partial charge is 0.550 e. The quantitative estimate of drug-likeness (QED) is 0.834. The van der Waals surface area contributed by atoms with Crippen LogP contribution in [-0.4, -0.2) is 18.4 Å². The maximum Gasteiger partial charge on any atom is 0.224 e. The maximum atomic E-state index is 12.1. The van der Waals surface area contributed by atoms with E-state index < -0.39 is 17.8 Å². The standard InChI is InChI=1S/C16H18ClNO3/c17-12-7-5-11(6-8-12)9-10-18-15(19)13-3-1-2-4-14(13)16(20)21/h1-2,5-8,13-14H,3-4,9-10H2,(H,18,19)(H,20,21)/p-1/t13-,14-/m1/s1. The molecule has 5 heteroatoms. The third-order valence-corrected chi connectivity index (χ3v) is 3.95. The van der Waals surface area contributed by atoms with E-state index in [4.69, 9.17) is 11.6 Å². The highest BCUT2D eigenvalue weighted by molar-refractivity contribution is 6.30. The fourth-order valence-electron chi connectivity index (χ4n) is 2.48. The molecule has 1 N–H and O–H groups in total. The number of rotatable bonds is 5. The summed E-state index contributed by atoms with van der Waals surface area (Å²) in [6.07, 6.45) is 5.13. The number of benzene rings is 1. The summed E-state index contributed by atoms with van der Waals surface area (Å²) in [5.74, 6) is -2.64. The van der Waals surface area contributed by atoms with Gasteiger partial charge in [-0.05, 0) is 37.0 Å². The van der Waals surface area contributed by atoms with E-state index >= 15 is 0 Å². The smallest absolute Gasteiger partial charge is 0.224 e. The third-order valence-electron chi connectivity index (χ3n) is 3.70. The van der Waals surface area contributed by atoms with Crippen molar-refractivity contribution in [1.29, 1.82) is 0 Å². The number of halogens is 1. The van der Waals surface area contributed by atoms with E-state index in [0.717, 1.165) is 5.56 Å². The first-order valence-corrected chi connectivity index (χ1v) is 7.33. The predicted octanol–water partition coefficient (Wildman–Crippen LogP) is 1.33. The zero-order valence-corrected chi connectivity index (χ0v) is 12.3. The van der Waals surface area contributed by atoms with Gasteiger partial charge in [0.25, 0.3) is 0 Å². The molecule has 1 aromatic rings. The van der Waals surface area contributed by atoms with E-state index in [2.05, 4.69) is 5.32 Å². The number of amides is 1. The van der Waals surface area contributed by atoms with Crippen molar-refractivity contribution in [3.8, 4) is 0 Å². The van der Waals surface area contributed by atoms with Gasteiger partial charge in [-0.2, -0.15) is 0 Å². The Kier molecular flexibility index (Phi) is 5.39. The molecular formula is C16H17ClNO3-. The molecule has 2 atom stereocenters. The summed E-state index contributed by atoms with van der Waals surface area (Å²) in [5, 5.41) is 14.5. The van der Waals surface area contributed by atoms with Gasteiger partial charge in [-0.1, -0.05) is 35.9 Å². The molecule has 0 aromatic heterocycles. The van der Waals surface area contributed by atoms with Crippen molar-refractivity contribution in [2.45, 2.75) is 19.3 Å². The van der Waals surface area contributed by atoms with E-state index in [0.29, 0.717) is 30.8 Å². The minimum atomic E-state index is -1.16. The molecule has 4 nitrogen and oxygen atoms in total. The summed E-state index contributed by atoms with van der Waals surface area (Å²) in [5.41, 5.74) is 1.07. The molecule has 1 aliphatic carbocycles. The lowest BCUT2D eigenvalue weighted by Crippen LogP contribution is -2.44. The van der Waals surface area contributed by atoms with Crippen molar-refractivity contribution in [2.24, 2.45) is 11.8 Å². The number of carbonyl (C=O) groups is 2. The summed E-state index contributed by atoms with van der Waals surface area (Å²) in [7, 11) is 0. The first kappa shape index (κ1) is 15.6. The molecule has 112 valence electrons. The second kappa shape index (κ2) is 7.27. The van der Waals surface area contributed by atoms with E-state index in [-0.39, 0.29) is 5.91 Å². The van der Waals surface area contributed by atoms with Gasteiger partial charge < -0.3 is 15.2 Å². The number of allylic oxidation sites excluding steroid dienone is 2. The molecule has 1 amide bonds. The lowest BCUT2D eigenvalue weighted by atomic mass is 9.82. The summed E-state index contributed by atoms with van der Waals surface area (Å²) in [6, 6.07) is 7.41. The Bertz CT molecular complexity index is 539. The highest BCUT2D eigenvalue weighted by Crippen LogP contribution is 2.25. The van der Waals surface area contributed by atoms with Crippen LogP contribution < -0.4 is 10.4 Å². The maximum absolute atomic E-state index is 12.1. The van der Waals surface area contributed by atoms with Crippen LogP contribution in [0.3, 0.4) is 0 Å². The van der Waals surface area contributed by atoms with Crippen molar-refractivity contribution in [1.82, 2.24) is 5.32 Å². The molecule has 0 heterocycles. The first-order chi connectivity index (χ1) is 10.1. The number of carboxylic acid groups (broad SMARTS) is 1. The first-order valence-electron chi connectivity index (χ1n) is 6.96. The third kappa shape index (κ3) is 4.33. The fourth-order valence-corrected chi connectivity index (χ4v) is 2.60. The van der Waals surface area contributed by atoms with Crippen LogP contribution in [0.1, 0.15) is 18.4 Å². The SMILES string of the molecule is O=C([O-])[C@@H]1CC=CC[C@H]1C(=O)NCCc1ccc(Cl)cc1. The summed E-state index contributed by atoms with van der Waals surface area (Å²) in [6.45, 7) is 0.473. The molecule has 21 heavy (non-hydrogen) atoms. The topological polar surface area (TPSA) is 69.2 Å². The minimum Gasteiger partial charge on any atom is -0.550 e. The van der Waals surface area contributed by atoms with Gasteiger partial charge in [-0.3, -0.25) is 4.79 Å². The van der Waals surface area contributed by atoms with Crippen molar-refractivity contribution >= 4 is 23.5 Å². The molecular weight excluding hydrogens is 290 g/mol. The molecule has 2 rings (SSSR count). The molecule has 0 bridgehead atoms. The molecule has 0 saturated heterocycles. The summed E-state index contributed by atoms with van der Waals surface area (Å²) < 4.78 is 0. The lowest BCUT2D eigenvalue weighted by molar-refractivity contribution is -0.313. The van der Waals surface area contributed by atoms with E-state index in [9.17, 15) is 14.7 Å². The Labute approximate surface area is 128 Å². The van der Waals surface area contributed by atoms with Gasteiger partial charge in [0.05, 0.1) is 0 Å². The van der Waals surface area contributed by atoms with Crippen LogP contribution in [0.2, 0.25) is 5.02 Å². The van der Waals surface area contributed by atoms with Crippen molar-refractivity contribution < 1.29 is 14.7 Å². The molecule has 1 aromatic carbocycles. The number of hydrogen-bond acceptors (Lipinski definition) is 3. The van der Waals surface area contributed by atoms with Gasteiger partial charge in [-0.25, -0.2) is 0 Å². The molecule has 1 aliphatic rings. The molecule has 0 radical (unpaired) electrons. The van der Waals surface area contributed by atoms with Crippen LogP contribution in [-0.2, 0) is 16.0 Å². The fraction of sp³-hybridized carbons (Fsp3) is 0.375. The average Bonchev–Trinajstić information content (AvgIpc) is 2.49. The van der Waals surface area contributed by atoms with Crippen LogP contribution in [0.5, 0.6) is 0 Å². The number of hydrogen-bond donors (Lipinski definition) is 1. The van der Waals surface area contributed by atoms with Crippen LogP contribution in [0, 0.1) is 11.8 Å². The normalized spacial score (nSPS) is 21.0. The molecule has 0 spiro atoms. The average molecular weight is 307 g/mol. The van der Waals surface area contributed by atoms with E-state index in [1.54, 1.807) is 18.2 Å². The van der Waals surface area contributed by atoms with Gasteiger partial charge in [0.1, 0.15) is 0 Å². The van der Waals surface area contributed by atoms with Gasteiger partial charge in [-0.15, -0.1) is 0 Å². The van der Waals surface area contributed by atoms with Gasteiger partial charge in [0.2, 0.25) is 5.91 Å². The predicted molar refractivity (Wildman–Crippen MR) is 78.5 cm³/mol. The molecule has 0 unspecified atom stereocenters. The Morgan fingerprint density at radius 2 is 1.76 bits per heavy atom. The molecule has 0 saturated carbocycles. The van der Waals surface area contributed by atoms with Gasteiger partial charge in [0.15, 0.2) is 0 Å². The molecule has 0 aliphatic heterocycles. The Balaban J connectivity index is 1.85. The molecule has 0 fully saturated rings. The second-order valence-electron chi connectivity index (χ2n) is 5.14. The van der Waals surface area contributed by atoms with Crippen molar-refractivity contribution in [3.05, 3.63) is 47.0 Å². The number of carboxylic acids is 1. The van der Waals surface area contributed by atoms with E-state index in [1.807, 2.05) is 18.2 Å². The van der Waals surface area contributed by atoms with Crippen molar-refractivity contribution in [3.63, 3.8) is 0 Å². The van der Waals surface area contributed by atoms with Crippen molar-refractivity contribution in [2.75, 3.05) is 6.54 Å². The zero-order valence-electron chi connectivity index (χ0n) is 11.5. The Morgan fingerprint density at radius 1 is 1.14 bits per heavy atom. The van der Waals surface area contributed by atoms with Crippen LogP contribution >= 0.6 is 11.6 Å². The van der Waals surface area contributed by atoms with Gasteiger partial charge in [0, 0.05) is 29.4 Å². The zero-order chi connectivity index (χ0) is 15.2. The van der Waals surface area contributed by atoms with Crippen LogP contribution in [0.15, 0.2) is 36.4 Å². The van der Waals surface area contributed by atoms with Crippen LogP contribution in [0.4, 0.5) is 0 Å². The van der Waals surface area contributed by atoms with Crippen LogP contribution in [0.25, 0.3) is 0 Å².